The second kappa shape index (κ2) is 7.07. The minimum atomic E-state index is -0.549. The Morgan fingerprint density at radius 2 is 2.00 bits per heavy atom. The molecule has 17 heavy (non-hydrogen) atoms. The molecule has 0 radical (unpaired) electrons. The van der Waals surface area contributed by atoms with Gasteiger partial charge in [0.1, 0.15) is 6.61 Å². The second-order valence-electron chi connectivity index (χ2n) is 4.20. The molecule has 1 rings (SSSR count). The quantitative estimate of drug-likeness (QED) is 0.772. The van der Waals surface area contributed by atoms with Gasteiger partial charge in [-0.3, -0.25) is 4.79 Å². The molecule has 3 nitrogen and oxygen atoms in total. The number of carbonyl (C=O) groups excluding carboxylic acids is 1. The van der Waals surface area contributed by atoms with Crippen LogP contribution in [0.25, 0.3) is 0 Å². The summed E-state index contributed by atoms with van der Waals surface area (Å²) in [5, 5.41) is 9.47. The third-order valence-corrected chi connectivity index (χ3v) is 2.69. The normalized spacial score (nSPS) is 14.1. The van der Waals surface area contributed by atoms with Crippen LogP contribution in [0.5, 0.6) is 0 Å². The van der Waals surface area contributed by atoms with E-state index in [2.05, 4.69) is 0 Å². The summed E-state index contributed by atoms with van der Waals surface area (Å²) in [6.45, 7) is 3.88. The fourth-order valence-electron chi connectivity index (χ4n) is 1.60. The molecule has 2 atom stereocenters. The van der Waals surface area contributed by atoms with Crippen molar-refractivity contribution in [2.45, 2.75) is 38.7 Å². The first-order valence-corrected chi connectivity index (χ1v) is 6.04. The van der Waals surface area contributed by atoms with Crippen LogP contribution in [-0.4, -0.2) is 23.8 Å². The van der Waals surface area contributed by atoms with Crippen molar-refractivity contribution in [1.82, 2.24) is 0 Å². The Balaban J connectivity index is 2.43. The van der Waals surface area contributed by atoms with Crippen LogP contribution in [0.1, 0.15) is 38.2 Å². The zero-order valence-corrected chi connectivity index (χ0v) is 10.4. The van der Waals surface area contributed by atoms with Gasteiger partial charge < -0.3 is 9.84 Å². The Morgan fingerprint density at radius 3 is 2.59 bits per heavy atom. The van der Waals surface area contributed by atoms with Crippen molar-refractivity contribution >= 4 is 5.97 Å². The van der Waals surface area contributed by atoms with E-state index in [1.807, 2.05) is 44.2 Å². The van der Waals surface area contributed by atoms with Crippen LogP contribution >= 0.6 is 0 Å². The van der Waals surface area contributed by atoms with Gasteiger partial charge in [-0.05, 0) is 18.9 Å². The lowest BCUT2D eigenvalue weighted by atomic mass is 10.0. The smallest absolute Gasteiger partial charge is 0.313 e. The molecular weight excluding hydrogens is 216 g/mol. The van der Waals surface area contributed by atoms with Crippen LogP contribution in [0.15, 0.2) is 30.3 Å². The van der Waals surface area contributed by atoms with Crippen LogP contribution in [0, 0.1) is 0 Å². The second-order valence-corrected chi connectivity index (χ2v) is 4.20. The Morgan fingerprint density at radius 1 is 1.35 bits per heavy atom. The van der Waals surface area contributed by atoms with E-state index in [1.165, 1.54) is 0 Å². The van der Waals surface area contributed by atoms with E-state index >= 15 is 0 Å². The summed E-state index contributed by atoms with van der Waals surface area (Å²) >= 11 is 0. The number of esters is 1. The van der Waals surface area contributed by atoms with Gasteiger partial charge in [0, 0.05) is 0 Å². The third-order valence-electron chi connectivity index (χ3n) is 2.69. The van der Waals surface area contributed by atoms with Gasteiger partial charge in [0.25, 0.3) is 0 Å². The van der Waals surface area contributed by atoms with Crippen molar-refractivity contribution < 1.29 is 14.6 Å². The van der Waals surface area contributed by atoms with Gasteiger partial charge in [-0.15, -0.1) is 0 Å². The van der Waals surface area contributed by atoms with E-state index in [1.54, 1.807) is 0 Å². The average Bonchev–Trinajstić information content (AvgIpc) is 2.36. The van der Waals surface area contributed by atoms with Crippen molar-refractivity contribution in [3.8, 4) is 0 Å². The first-order chi connectivity index (χ1) is 8.15. The van der Waals surface area contributed by atoms with Gasteiger partial charge in [0.15, 0.2) is 0 Å². The lowest BCUT2D eigenvalue weighted by Crippen LogP contribution is -2.21. The molecule has 0 aliphatic heterocycles. The Kier molecular flexibility index (Phi) is 5.70. The summed E-state index contributed by atoms with van der Waals surface area (Å²) in [4.78, 5) is 11.7. The van der Waals surface area contributed by atoms with Gasteiger partial charge >= 0.3 is 5.97 Å². The van der Waals surface area contributed by atoms with E-state index in [-0.39, 0.29) is 18.5 Å². The van der Waals surface area contributed by atoms with Gasteiger partial charge in [0.2, 0.25) is 0 Å². The maximum atomic E-state index is 11.7. The molecule has 0 fully saturated rings. The lowest BCUT2D eigenvalue weighted by Gasteiger charge is -2.14. The van der Waals surface area contributed by atoms with Crippen LogP contribution in [0.3, 0.4) is 0 Å². The van der Waals surface area contributed by atoms with Crippen LogP contribution in [-0.2, 0) is 9.53 Å². The predicted molar refractivity (Wildman–Crippen MR) is 66.7 cm³/mol. The molecule has 0 bridgehead atoms. The van der Waals surface area contributed by atoms with Crippen LogP contribution in [0.4, 0.5) is 0 Å². The summed E-state index contributed by atoms with van der Waals surface area (Å²) in [5.41, 5.74) is 0.933. The number of aliphatic hydroxyl groups excluding tert-OH is 1. The highest BCUT2D eigenvalue weighted by atomic mass is 16.5. The first-order valence-electron chi connectivity index (χ1n) is 6.04. The van der Waals surface area contributed by atoms with E-state index in [9.17, 15) is 9.90 Å². The van der Waals surface area contributed by atoms with E-state index in [0.29, 0.717) is 6.42 Å². The number of carbonyl (C=O) groups is 1. The summed E-state index contributed by atoms with van der Waals surface area (Å²) in [6.07, 6.45) is 0.992. The lowest BCUT2D eigenvalue weighted by molar-refractivity contribution is -0.148. The molecule has 0 saturated carbocycles. The fraction of sp³-hybridized carbons (Fsp3) is 0.500. The zero-order valence-electron chi connectivity index (χ0n) is 10.4. The number of hydrogen-bond acceptors (Lipinski definition) is 3. The summed E-state index contributed by atoms with van der Waals surface area (Å²) in [5.74, 6) is -0.573. The number of benzene rings is 1. The standard InChI is InChI=1S/C14H20O3/c1-3-7-13(15)10-17-14(16)11(2)12-8-5-4-6-9-12/h4-6,8-9,11,13,15H,3,7,10H2,1-2H3. The predicted octanol–water partition coefficient (Wildman–Crippen LogP) is 2.49. The molecule has 0 heterocycles. The van der Waals surface area contributed by atoms with Gasteiger partial charge in [-0.2, -0.15) is 0 Å². The fourth-order valence-corrected chi connectivity index (χ4v) is 1.60. The molecule has 94 valence electrons. The monoisotopic (exact) mass is 236 g/mol. The van der Waals surface area contributed by atoms with E-state index < -0.39 is 6.10 Å². The molecule has 0 spiro atoms. The van der Waals surface area contributed by atoms with E-state index in [0.717, 1.165) is 12.0 Å². The van der Waals surface area contributed by atoms with E-state index in [4.69, 9.17) is 4.74 Å². The number of aliphatic hydroxyl groups is 1. The summed E-state index contributed by atoms with van der Waals surface area (Å²) in [6, 6.07) is 9.49. The molecule has 3 heteroatoms. The minimum absolute atomic E-state index is 0.0871. The molecule has 1 aromatic rings. The van der Waals surface area contributed by atoms with Crippen molar-refractivity contribution in [3.05, 3.63) is 35.9 Å². The molecule has 0 aromatic heterocycles. The molecule has 0 saturated heterocycles. The SMILES string of the molecule is CCCC(O)COC(=O)C(C)c1ccccc1. The van der Waals surface area contributed by atoms with Gasteiger partial charge in [-0.25, -0.2) is 0 Å². The van der Waals surface area contributed by atoms with Crippen molar-refractivity contribution in [3.63, 3.8) is 0 Å². The maximum Gasteiger partial charge on any atom is 0.313 e. The van der Waals surface area contributed by atoms with Gasteiger partial charge in [0.05, 0.1) is 12.0 Å². The first kappa shape index (κ1) is 13.7. The third kappa shape index (κ3) is 4.57. The largest absolute Gasteiger partial charge is 0.462 e. The molecule has 2 unspecified atom stereocenters. The Labute approximate surface area is 102 Å². The summed E-state index contributed by atoms with van der Waals surface area (Å²) < 4.78 is 5.08. The highest BCUT2D eigenvalue weighted by Crippen LogP contribution is 2.16. The topological polar surface area (TPSA) is 46.5 Å². The molecular formula is C14H20O3. The van der Waals surface area contributed by atoms with Crippen LogP contribution < -0.4 is 0 Å². The number of rotatable bonds is 6. The molecule has 1 aromatic carbocycles. The van der Waals surface area contributed by atoms with Crippen molar-refractivity contribution in [2.75, 3.05) is 6.61 Å². The number of ether oxygens (including phenoxy) is 1. The Hall–Kier alpha value is -1.35. The Bertz CT molecular complexity index is 335. The van der Waals surface area contributed by atoms with Crippen molar-refractivity contribution in [1.29, 1.82) is 0 Å². The summed E-state index contributed by atoms with van der Waals surface area (Å²) in [7, 11) is 0. The maximum absolute atomic E-state index is 11.7. The molecule has 0 aliphatic carbocycles. The average molecular weight is 236 g/mol. The molecule has 1 N–H and O–H groups in total. The van der Waals surface area contributed by atoms with Crippen LogP contribution in [0.2, 0.25) is 0 Å². The van der Waals surface area contributed by atoms with Gasteiger partial charge in [-0.1, -0.05) is 43.7 Å². The number of hydrogen-bond donors (Lipinski definition) is 1. The highest BCUT2D eigenvalue weighted by Gasteiger charge is 2.17. The highest BCUT2D eigenvalue weighted by molar-refractivity contribution is 5.77. The molecule has 0 amide bonds. The zero-order chi connectivity index (χ0) is 12.7. The van der Waals surface area contributed by atoms with Crippen molar-refractivity contribution in [2.24, 2.45) is 0 Å². The molecule has 0 aliphatic rings. The minimum Gasteiger partial charge on any atom is -0.462 e.